The smallest absolute Gasteiger partial charge is 0.252 e. The summed E-state index contributed by atoms with van der Waals surface area (Å²) < 4.78 is 32.4. The van der Waals surface area contributed by atoms with Gasteiger partial charge >= 0.3 is 0 Å². The van der Waals surface area contributed by atoms with Crippen LogP contribution in [0, 0.1) is 11.6 Å². The van der Waals surface area contributed by atoms with E-state index in [4.69, 9.17) is 4.74 Å². The number of para-hydroxylation sites is 1. The number of ether oxygens (including phenoxy) is 1. The summed E-state index contributed by atoms with van der Waals surface area (Å²) in [6.07, 6.45) is 0. The Labute approximate surface area is 166 Å². The van der Waals surface area contributed by atoms with Crippen molar-refractivity contribution in [3.63, 3.8) is 0 Å². The van der Waals surface area contributed by atoms with Crippen LogP contribution in [0.2, 0.25) is 0 Å². The second kappa shape index (κ2) is 8.97. The molecule has 1 unspecified atom stereocenters. The fourth-order valence-electron chi connectivity index (χ4n) is 2.65. The van der Waals surface area contributed by atoms with Crippen LogP contribution in [0.3, 0.4) is 0 Å². The SMILES string of the molecule is CNC(=O)C(NC(=O)c1ccc(Oc2ccccc2)cc1)c1ccc(F)c(F)c1. The maximum Gasteiger partial charge on any atom is 0.252 e. The van der Waals surface area contributed by atoms with Crippen molar-refractivity contribution < 1.29 is 23.1 Å². The molecule has 0 heterocycles. The molecule has 0 aliphatic carbocycles. The first-order valence-electron chi connectivity index (χ1n) is 8.78. The van der Waals surface area contributed by atoms with Gasteiger partial charge in [-0.05, 0) is 54.1 Å². The maximum atomic E-state index is 13.6. The van der Waals surface area contributed by atoms with Crippen molar-refractivity contribution in [3.05, 3.63) is 95.6 Å². The van der Waals surface area contributed by atoms with Gasteiger partial charge in [-0.25, -0.2) is 8.78 Å². The Morgan fingerprint density at radius 3 is 2.14 bits per heavy atom. The molecule has 3 aromatic carbocycles. The second-order valence-corrected chi connectivity index (χ2v) is 6.13. The molecule has 0 radical (unpaired) electrons. The molecule has 0 saturated carbocycles. The molecule has 0 aromatic heterocycles. The van der Waals surface area contributed by atoms with Crippen molar-refractivity contribution in [1.29, 1.82) is 0 Å². The van der Waals surface area contributed by atoms with E-state index < -0.39 is 29.5 Å². The predicted molar refractivity (Wildman–Crippen MR) is 104 cm³/mol. The summed E-state index contributed by atoms with van der Waals surface area (Å²) in [5.41, 5.74) is 0.405. The molecule has 0 saturated heterocycles. The standard InChI is InChI=1S/C22H18F2N2O3/c1-25-22(28)20(15-9-12-18(23)19(24)13-15)26-21(27)14-7-10-17(11-8-14)29-16-5-3-2-4-6-16/h2-13,20H,1H3,(H,25,28)(H,26,27). The molecule has 0 fully saturated rings. The van der Waals surface area contributed by atoms with E-state index in [1.165, 1.54) is 13.1 Å². The third-order valence-corrected chi connectivity index (χ3v) is 4.16. The van der Waals surface area contributed by atoms with Gasteiger partial charge in [0, 0.05) is 12.6 Å². The Morgan fingerprint density at radius 1 is 0.862 bits per heavy atom. The summed E-state index contributed by atoms with van der Waals surface area (Å²) in [5, 5.41) is 4.94. The van der Waals surface area contributed by atoms with E-state index in [1.807, 2.05) is 18.2 Å². The summed E-state index contributed by atoms with van der Waals surface area (Å²) in [6.45, 7) is 0. The molecule has 148 valence electrons. The van der Waals surface area contributed by atoms with Gasteiger partial charge in [-0.3, -0.25) is 9.59 Å². The number of hydrogen-bond donors (Lipinski definition) is 2. The molecule has 3 aromatic rings. The van der Waals surface area contributed by atoms with Crippen LogP contribution in [0.15, 0.2) is 72.8 Å². The van der Waals surface area contributed by atoms with E-state index in [2.05, 4.69) is 10.6 Å². The van der Waals surface area contributed by atoms with E-state index in [1.54, 1.807) is 36.4 Å². The van der Waals surface area contributed by atoms with Crippen molar-refractivity contribution in [1.82, 2.24) is 10.6 Å². The molecule has 1 atom stereocenters. The van der Waals surface area contributed by atoms with Gasteiger partial charge in [0.1, 0.15) is 17.5 Å². The summed E-state index contributed by atoms with van der Waals surface area (Å²) in [6, 6.07) is 17.3. The molecule has 2 amide bonds. The number of carbonyl (C=O) groups excluding carboxylic acids is 2. The molecule has 0 aliphatic rings. The highest BCUT2D eigenvalue weighted by Crippen LogP contribution is 2.22. The van der Waals surface area contributed by atoms with Crippen LogP contribution in [-0.4, -0.2) is 18.9 Å². The zero-order valence-electron chi connectivity index (χ0n) is 15.5. The third kappa shape index (κ3) is 4.95. The zero-order chi connectivity index (χ0) is 20.8. The molecule has 5 nitrogen and oxygen atoms in total. The Bertz CT molecular complexity index is 1010. The highest BCUT2D eigenvalue weighted by molar-refractivity contribution is 5.97. The summed E-state index contributed by atoms with van der Waals surface area (Å²) in [7, 11) is 1.39. The lowest BCUT2D eigenvalue weighted by Gasteiger charge is -2.18. The number of rotatable bonds is 6. The summed E-state index contributed by atoms with van der Waals surface area (Å²) in [5.74, 6) is -2.06. The number of likely N-dealkylation sites (N-methyl/N-ethyl adjacent to an activating group) is 1. The van der Waals surface area contributed by atoms with Gasteiger partial charge in [0.15, 0.2) is 11.6 Å². The van der Waals surface area contributed by atoms with Gasteiger partial charge in [-0.1, -0.05) is 24.3 Å². The lowest BCUT2D eigenvalue weighted by molar-refractivity contribution is -0.122. The van der Waals surface area contributed by atoms with Crippen LogP contribution in [0.25, 0.3) is 0 Å². The van der Waals surface area contributed by atoms with E-state index in [9.17, 15) is 18.4 Å². The number of halogens is 2. The average molecular weight is 396 g/mol. The first-order valence-corrected chi connectivity index (χ1v) is 8.78. The average Bonchev–Trinajstić information content (AvgIpc) is 2.74. The summed E-state index contributed by atoms with van der Waals surface area (Å²) in [4.78, 5) is 24.7. The molecular weight excluding hydrogens is 378 g/mol. The number of nitrogens with one attached hydrogen (secondary N) is 2. The van der Waals surface area contributed by atoms with Gasteiger partial charge in [0.25, 0.3) is 5.91 Å². The van der Waals surface area contributed by atoms with Gasteiger partial charge in [0.05, 0.1) is 0 Å². The lowest BCUT2D eigenvalue weighted by atomic mass is 10.0. The summed E-state index contributed by atoms with van der Waals surface area (Å²) >= 11 is 0. The number of hydrogen-bond acceptors (Lipinski definition) is 3. The predicted octanol–water partition coefficient (Wildman–Crippen LogP) is 3.97. The van der Waals surface area contributed by atoms with Gasteiger partial charge in [-0.2, -0.15) is 0 Å². The van der Waals surface area contributed by atoms with Gasteiger partial charge < -0.3 is 15.4 Å². The second-order valence-electron chi connectivity index (χ2n) is 6.13. The Morgan fingerprint density at radius 2 is 1.52 bits per heavy atom. The minimum absolute atomic E-state index is 0.126. The third-order valence-electron chi connectivity index (χ3n) is 4.16. The minimum atomic E-state index is -1.18. The number of benzene rings is 3. The first-order chi connectivity index (χ1) is 14.0. The maximum absolute atomic E-state index is 13.6. The molecule has 3 rings (SSSR count). The molecule has 0 bridgehead atoms. The van der Waals surface area contributed by atoms with Crippen LogP contribution in [-0.2, 0) is 4.79 Å². The van der Waals surface area contributed by atoms with Crippen LogP contribution < -0.4 is 15.4 Å². The van der Waals surface area contributed by atoms with Crippen LogP contribution in [0.1, 0.15) is 22.0 Å². The van der Waals surface area contributed by atoms with Crippen molar-refractivity contribution >= 4 is 11.8 Å². The molecule has 0 spiro atoms. The highest BCUT2D eigenvalue weighted by Gasteiger charge is 2.23. The highest BCUT2D eigenvalue weighted by atomic mass is 19.2. The topological polar surface area (TPSA) is 67.4 Å². The van der Waals surface area contributed by atoms with Crippen LogP contribution in [0.5, 0.6) is 11.5 Å². The lowest BCUT2D eigenvalue weighted by Crippen LogP contribution is -2.39. The minimum Gasteiger partial charge on any atom is -0.457 e. The molecule has 29 heavy (non-hydrogen) atoms. The zero-order valence-corrected chi connectivity index (χ0v) is 15.5. The fourth-order valence-corrected chi connectivity index (χ4v) is 2.65. The van der Waals surface area contributed by atoms with Crippen LogP contribution in [0.4, 0.5) is 8.78 Å². The normalized spacial score (nSPS) is 11.4. The van der Waals surface area contributed by atoms with Crippen molar-refractivity contribution in [2.75, 3.05) is 7.05 Å². The first kappa shape index (κ1) is 20.0. The fraction of sp³-hybridized carbons (Fsp3) is 0.0909. The Hall–Kier alpha value is -3.74. The van der Waals surface area contributed by atoms with E-state index in [0.717, 1.165) is 12.1 Å². The monoisotopic (exact) mass is 396 g/mol. The number of amides is 2. The van der Waals surface area contributed by atoms with Crippen molar-refractivity contribution in [3.8, 4) is 11.5 Å². The van der Waals surface area contributed by atoms with Crippen molar-refractivity contribution in [2.24, 2.45) is 0 Å². The van der Waals surface area contributed by atoms with Gasteiger partial charge in [0.2, 0.25) is 5.91 Å². The largest absolute Gasteiger partial charge is 0.457 e. The Balaban J connectivity index is 1.75. The molecule has 2 N–H and O–H groups in total. The van der Waals surface area contributed by atoms with E-state index >= 15 is 0 Å². The van der Waals surface area contributed by atoms with Crippen LogP contribution >= 0.6 is 0 Å². The van der Waals surface area contributed by atoms with Crippen molar-refractivity contribution in [2.45, 2.75) is 6.04 Å². The van der Waals surface area contributed by atoms with E-state index in [-0.39, 0.29) is 11.1 Å². The van der Waals surface area contributed by atoms with E-state index in [0.29, 0.717) is 11.5 Å². The molecule has 7 heteroatoms. The Kier molecular flexibility index (Phi) is 6.19. The molecule has 0 aliphatic heterocycles. The number of carbonyl (C=O) groups is 2. The molecular formula is C22H18F2N2O3. The quantitative estimate of drug-likeness (QED) is 0.663. The van der Waals surface area contributed by atoms with Gasteiger partial charge in [-0.15, -0.1) is 0 Å².